The van der Waals surface area contributed by atoms with Crippen LogP contribution in [0.5, 0.6) is 23.0 Å². The lowest BCUT2D eigenvalue weighted by atomic mass is 10.0. The minimum absolute atomic E-state index is 0.0142. The van der Waals surface area contributed by atoms with Gasteiger partial charge in [-0.05, 0) is 54.1 Å². The fraction of sp³-hybridized carbons (Fsp3) is 0.194. The second kappa shape index (κ2) is 14.9. The minimum atomic E-state index is -1.18. The number of hydrogen-bond donors (Lipinski definition) is 1. The molecule has 0 radical (unpaired) electrons. The predicted molar refractivity (Wildman–Crippen MR) is 186 cm³/mol. The number of anilines is 1. The molecule has 4 aromatic carbocycles. The molecule has 13 heteroatoms. The van der Waals surface area contributed by atoms with Crippen LogP contribution in [0.25, 0.3) is 22.3 Å². The van der Waals surface area contributed by atoms with E-state index < -0.39 is 17.9 Å². The predicted octanol–water partition coefficient (Wildman–Crippen LogP) is 6.00. The zero-order valence-electron chi connectivity index (χ0n) is 27.3. The van der Waals surface area contributed by atoms with Crippen LogP contribution >= 0.6 is 11.3 Å². The molecule has 1 atom stereocenters. The number of nitrogens with zero attached hydrogens (tertiary/aromatic N) is 5. The molecule has 49 heavy (non-hydrogen) atoms. The third kappa shape index (κ3) is 7.16. The van der Waals surface area contributed by atoms with Gasteiger partial charge in [-0.3, -0.25) is 9.59 Å². The highest BCUT2D eigenvalue weighted by atomic mass is 32.1. The summed E-state index contributed by atoms with van der Waals surface area (Å²) in [5.41, 5.74) is 3.98. The fourth-order valence-corrected chi connectivity index (χ4v) is 6.27. The minimum Gasteiger partial charge on any atom is -0.497 e. The van der Waals surface area contributed by atoms with Crippen molar-refractivity contribution >= 4 is 39.9 Å². The van der Waals surface area contributed by atoms with Crippen molar-refractivity contribution in [3.63, 3.8) is 0 Å². The van der Waals surface area contributed by atoms with E-state index in [9.17, 15) is 9.59 Å². The van der Waals surface area contributed by atoms with Crippen LogP contribution in [-0.2, 0) is 22.7 Å². The van der Waals surface area contributed by atoms with E-state index in [0.29, 0.717) is 50.3 Å². The van der Waals surface area contributed by atoms with Gasteiger partial charge >= 0.3 is 0 Å². The Kier molecular flexibility index (Phi) is 10.00. The SMILES string of the molecule is COc1ccc(NC(=O)[C@H](c2cc(OC)c(OC)c(OC)c2)N(Cc2nc(-c3ccccc3)cs2)C(=O)Cn2nnc3ccccc32)cc1. The number of para-hydroxylation sites is 1. The number of aromatic nitrogens is 4. The molecule has 2 amide bonds. The third-order valence-electron chi connectivity index (χ3n) is 7.87. The smallest absolute Gasteiger partial charge is 0.251 e. The molecule has 0 saturated carbocycles. The topological polar surface area (TPSA) is 130 Å². The number of benzene rings is 4. The molecule has 0 aliphatic carbocycles. The molecule has 2 heterocycles. The normalized spacial score (nSPS) is 11.5. The Labute approximate surface area is 286 Å². The summed E-state index contributed by atoms with van der Waals surface area (Å²) in [7, 11) is 6.05. The number of fused-ring (bicyclic) bond motifs is 1. The molecule has 0 saturated heterocycles. The van der Waals surface area contributed by atoms with Crippen molar-refractivity contribution < 1.29 is 28.5 Å². The van der Waals surface area contributed by atoms with Gasteiger partial charge in [-0.15, -0.1) is 16.4 Å². The Bertz CT molecular complexity index is 2040. The molecule has 6 rings (SSSR count). The number of nitrogens with one attached hydrogen (secondary N) is 1. The molecular formula is C36H34N6O6S. The van der Waals surface area contributed by atoms with Gasteiger partial charge in [0.25, 0.3) is 5.91 Å². The zero-order valence-corrected chi connectivity index (χ0v) is 28.1. The number of thiazole rings is 1. The highest BCUT2D eigenvalue weighted by Crippen LogP contribution is 2.41. The molecule has 0 unspecified atom stereocenters. The van der Waals surface area contributed by atoms with Crippen LogP contribution < -0.4 is 24.3 Å². The van der Waals surface area contributed by atoms with Crippen LogP contribution in [0.2, 0.25) is 0 Å². The standard InChI is InChI=1S/C36H34N6O6S/c1-45-26-16-14-25(15-17-26)37-36(44)34(24-18-30(46-2)35(48-4)31(19-24)47-3)41(20-32-38-28(22-49-32)23-10-6-5-7-11-23)33(43)21-42-29-13-9-8-12-27(29)39-40-42/h5-19,22,34H,20-21H2,1-4H3,(H,37,44)/t34-/m0/s1. The Morgan fingerprint density at radius 1 is 0.857 bits per heavy atom. The van der Waals surface area contributed by atoms with Crippen molar-refractivity contribution in [2.75, 3.05) is 33.8 Å². The van der Waals surface area contributed by atoms with Crippen molar-refractivity contribution in [2.45, 2.75) is 19.1 Å². The molecule has 0 aliphatic heterocycles. The fourth-order valence-electron chi connectivity index (χ4n) is 5.46. The molecule has 0 fully saturated rings. The highest BCUT2D eigenvalue weighted by Gasteiger charge is 2.35. The van der Waals surface area contributed by atoms with Crippen molar-refractivity contribution in [1.82, 2.24) is 24.9 Å². The number of amides is 2. The number of rotatable bonds is 13. The first-order valence-electron chi connectivity index (χ1n) is 15.2. The number of ether oxygens (including phenoxy) is 4. The van der Waals surface area contributed by atoms with Crippen molar-refractivity contribution in [3.8, 4) is 34.3 Å². The third-order valence-corrected chi connectivity index (χ3v) is 8.71. The molecule has 1 N–H and O–H groups in total. The van der Waals surface area contributed by atoms with Gasteiger partial charge in [-0.2, -0.15) is 0 Å². The summed E-state index contributed by atoms with van der Waals surface area (Å²) in [5.74, 6) is 0.770. The van der Waals surface area contributed by atoms with E-state index in [-0.39, 0.29) is 13.1 Å². The van der Waals surface area contributed by atoms with Gasteiger partial charge in [0.05, 0.1) is 46.2 Å². The van der Waals surface area contributed by atoms with Gasteiger partial charge in [-0.1, -0.05) is 47.7 Å². The average molecular weight is 679 g/mol. The van der Waals surface area contributed by atoms with Gasteiger partial charge in [0.1, 0.15) is 28.9 Å². The number of hydrogen-bond acceptors (Lipinski definition) is 10. The zero-order chi connectivity index (χ0) is 34.3. The molecule has 2 aromatic heterocycles. The van der Waals surface area contributed by atoms with E-state index in [4.69, 9.17) is 23.9 Å². The Morgan fingerprint density at radius 3 is 2.22 bits per heavy atom. The van der Waals surface area contributed by atoms with E-state index >= 15 is 0 Å². The van der Waals surface area contributed by atoms with Crippen LogP contribution in [0.3, 0.4) is 0 Å². The summed E-state index contributed by atoms with van der Waals surface area (Å²) in [6.45, 7) is -0.172. The second-order valence-electron chi connectivity index (χ2n) is 10.8. The first-order valence-corrected chi connectivity index (χ1v) is 16.1. The molecule has 0 aliphatic rings. The summed E-state index contributed by atoms with van der Waals surface area (Å²) in [6.07, 6.45) is 0. The van der Waals surface area contributed by atoms with Crippen molar-refractivity contribution in [1.29, 1.82) is 0 Å². The quantitative estimate of drug-likeness (QED) is 0.156. The largest absolute Gasteiger partial charge is 0.497 e. The highest BCUT2D eigenvalue weighted by molar-refractivity contribution is 7.09. The Balaban J connectivity index is 1.46. The number of methoxy groups -OCH3 is 4. The van der Waals surface area contributed by atoms with Crippen LogP contribution in [-0.4, -0.2) is 65.1 Å². The van der Waals surface area contributed by atoms with Crippen LogP contribution in [0.15, 0.2) is 96.4 Å². The number of carbonyl (C=O) groups is 2. The van der Waals surface area contributed by atoms with E-state index in [0.717, 1.165) is 11.3 Å². The van der Waals surface area contributed by atoms with E-state index in [2.05, 4.69) is 15.6 Å². The molecular weight excluding hydrogens is 644 g/mol. The van der Waals surface area contributed by atoms with Crippen molar-refractivity contribution in [3.05, 3.63) is 107 Å². The lowest BCUT2D eigenvalue weighted by Crippen LogP contribution is -2.42. The van der Waals surface area contributed by atoms with Crippen LogP contribution in [0.1, 0.15) is 16.6 Å². The number of carbonyl (C=O) groups excluding carboxylic acids is 2. The first-order chi connectivity index (χ1) is 23.9. The monoisotopic (exact) mass is 678 g/mol. The summed E-state index contributed by atoms with van der Waals surface area (Å²) in [4.78, 5) is 35.4. The molecule has 12 nitrogen and oxygen atoms in total. The summed E-state index contributed by atoms with van der Waals surface area (Å²) < 4.78 is 23.7. The van der Waals surface area contributed by atoms with E-state index in [1.807, 2.05) is 60.0 Å². The van der Waals surface area contributed by atoms with E-state index in [1.165, 1.54) is 42.2 Å². The average Bonchev–Trinajstić information content (AvgIpc) is 3.78. The molecule has 6 aromatic rings. The van der Waals surface area contributed by atoms with Gasteiger partial charge in [0.15, 0.2) is 11.5 Å². The maximum atomic E-state index is 14.6. The Morgan fingerprint density at radius 2 is 1.55 bits per heavy atom. The van der Waals surface area contributed by atoms with Crippen LogP contribution in [0.4, 0.5) is 5.69 Å². The summed E-state index contributed by atoms with van der Waals surface area (Å²) in [5, 5.41) is 14.0. The molecule has 0 bridgehead atoms. The van der Waals surface area contributed by atoms with E-state index in [1.54, 1.807) is 43.5 Å². The van der Waals surface area contributed by atoms with Gasteiger partial charge in [0.2, 0.25) is 11.7 Å². The van der Waals surface area contributed by atoms with Gasteiger partial charge in [0, 0.05) is 16.6 Å². The first kappa shape index (κ1) is 33.0. The summed E-state index contributed by atoms with van der Waals surface area (Å²) >= 11 is 1.40. The molecule has 250 valence electrons. The molecule has 0 spiro atoms. The lowest BCUT2D eigenvalue weighted by Gasteiger charge is -2.31. The second-order valence-corrected chi connectivity index (χ2v) is 11.8. The van der Waals surface area contributed by atoms with Gasteiger partial charge < -0.3 is 29.2 Å². The van der Waals surface area contributed by atoms with Gasteiger partial charge in [-0.25, -0.2) is 9.67 Å². The lowest BCUT2D eigenvalue weighted by molar-refractivity contribution is -0.140. The van der Waals surface area contributed by atoms with Crippen LogP contribution in [0, 0.1) is 0 Å². The Hall–Kier alpha value is -5.95. The maximum Gasteiger partial charge on any atom is 0.251 e. The van der Waals surface area contributed by atoms with Crippen molar-refractivity contribution in [2.24, 2.45) is 0 Å². The summed E-state index contributed by atoms with van der Waals surface area (Å²) in [6, 6.07) is 26.2. The maximum absolute atomic E-state index is 14.6.